The summed E-state index contributed by atoms with van der Waals surface area (Å²) in [7, 11) is 0. The number of hydrogen-bond donors (Lipinski definition) is 14. The van der Waals surface area contributed by atoms with Gasteiger partial charge in [0.25, 0.3) is 0 Å². The van der Waals surface area contributed by atoms with E-state index in [1.807, 2.05) is 37.4 Å². The highest BCUT2D eigenvalue weighted by molar-refractivity contribution is 5.84. The fourth-order valence-corrected chi connectivity index (χ4v) is 3.22. The molecule has 0 fully saturated rings. The summed E-state index contributed by atoms with van der Waals surface area (Å²) in [6.45, 7) is 4.21. The molecule has 0 bridgehead atoms. The van der Waals surface area contributed by atoms with Gasteiger partial charge in [0.05, 0.1) is 12.6 Å². The second-order valence-electron chi connectivity index (χ2n) is 10.3. The average Bonchev–Trinajstić information content (AvgIpc) is 3.46. The number of para-hydroxylation sites is 1. The molecule has 0 saturated heterocycles. The molecule has 19 heteroatoms. The van der Waals surface area contributed by atoms with Crippen molar-refractivity contribution in [2.75, 3.05) is 26.2 Å². The molecule has 282 valence electrons. The molecule has 1 heterocycles. The zero-order valence-corrected chi connectivity index (χ0v) is 27.9. The van der Waals surface area contributed by atoms with E-state index in [0.29, 0.717) is 25.9 Å². The summed E-state index contributed by atoms with van der Waals surface area (Å²) in [6, 6.07) is 4.44. The van der Waals surface area contributed by atoms with Gasteiger partial charge in [-0.1, -0.05) is 31.5 Å². The van der Waals surface area contributed by atoms with Crippen molar-refractivity contribution in [1.29, 1.82) is 0 Å². The van der Waals surface area contributed by atoms with Crippen LogP contribution >= 0.6 is 0 Å². The van der Waals surface area contributed by atoms with Crippen LogP contribution in [-0.2, 0) is 30.4 Å². The third-order valence-electron chi connectivity index (χ3n) is 6.05. The fraction of sp³-hybridized carbons (Fsp3) is 0.567. The summed E-state index contributed by atoms with van der Waals surface area (Å²) < 4.78 is 0. The fourth-order valence-electron chi connectivity index (χ4n) is 3.22. The van der Waals surface area contributed by atoms with E-state index in [9.17, 15) is 24.0 Å². The maximum absolute atomic E-state index is 10.6. The van der Waals surface area contributed by atoms with Crippen molar-refractivity contribution in [2.45, 2.75) is 82.6 Å². The number of carbonyl (C=O) groups is 5. The smallest absolute Gasteiger partial charge is 0.323 e. The van der Waals surface area contributed by atoms with Crippen LogP contribution in [0.25, 0.3) is 10.9 Å². The number of unbranched alkanes of at least 4 members (excludes halogenated alkanes) is 1. The molecule has 2 aromatic rings. The van der Waals surface area contributed by atoms with E-state index in [-0.39, 0.29) is 19.6 Å². The normalized spacial score (nSPS) is 13.1. The zero-order valence-electron chi connectivity index (χ0n) is 27.9. The van der Waals surface area contributed by atoms with Crippen LogP contribution in [-0.4, -0.2) is 127 Å². The minimum Gasteiger partial charge on any atom is -0.480 e. The highest BCUT2D eigenvalue weighted by Gasteiger charge is 2.17. The lowest BCUT2D eigenvalue weighted by Crippen LogP contribution is -2.39. The lowest BCUT2D eigenvalue weighted by Gasteiger charge is -2.11. The van der Waals surface area contributed by atoms with E-state index in [1.165, 1.54) is 6.92 Å². The van der Waals surface area contributed by atoms with Crippen molar-refractivity contribution in [3.63, 3.8) is 0 Å². The molecule has 0 amide bonds. The number of carboxylic acid groups (broad SMARTS) is 5. The number of carboxylic acids is 5. The molecule has 5 unspecified atom stereocenters. The number of fused-ring (bicyclic) bond motifs is 1. The van der Waals surface area contributed by atoms with Crippen LogP contribution < -0.4 is 34.0 Å². The number of aliphatic hydroxyl groups excluding tert-OH is 2. The highest BCUT2D eigenvalue weighted by atomic mass is 16.4. The van der Waals surface area contributed by atoms with Crippen LogP contribution in [0.5, 0.6) is 0 Å². The summed E-state index contributed by atoms with van der Waals surface area (Å²) in [6.07, 6.45) is 4.52. The van der Waals surface area contributed by atoms with E-state index in [1.54, 1.807) is 0 Å². The molecule has 0 aliphatic carbocycles. The molecule has 19 nitrogen and oxygen atoms in total. The van der Waals surface area contributed by atoms with Crippen LogP contribution in [0.4, 0.5) is 0 Å². The molecule has 19 N–H and O–H groups in total. The number of rotatable bonds is 17. The van der Waals surface area contributed by atoms with Gasteiger partial charge in [0.1, 0.15) is 24.2 Å². The molecular weight excluding hydrogens is 650 g/mol. The molecule has 1 aromatic carbocycles. The van der Waals surface area contributed by atoms with Crippen LogP contribution in [0.2, 0.25) is 0 Å². The molecule has 0 aliphatic heterocycles. The van der Waals surface area contributed by atoms with Crippen LogP contribution in [0, 0.1) is 0 Å². The predicted molar refractivity (Wildman–Crippen MR) is 182 cm³/mol. The summed E-state index contributed by atoms with van der Waals surface area (Å²) >= 11 is 0. The molecule has 0 saturated carbocycles. The lowest BCUT2D eigenvalue weighted by atomic mass is 10.1. The Morgan fingerprint density at radius 2 is 1.39 bits per heavy atom. The monoisotopic (exact) mass is 705 g/mol. The van der Waals surface area contributed by atoms with Gasteiger partial charge in [-0.05, 0) is 57.3 Å². The molecule has 0 spiro atoms. The minimum absolute atomic E-state index is 0.0896. The maximum atomic E-state index is 10.6. The van der Waals surface area contributed by atoms with Crippen molar-refractivity contribution in [3.05, 3.63) is 36.0 Å². The molecule has 5 atom stereocenters. The van der Waals surface area contributed by atoms with Crippen molar-refractivity contribution in [1.82, 2.24) is 10.3 Å². The number of nitrogens with two attached hydrogens (primary N) is 5. The van der Waals surface area contributed by atoms with Gasteiger partial charge in [0, 0.05) is 30.1 Å². The van der Waals surface area contributed by atoms with E-state index in [2.05, 4.69) is 16.0 Å². The quantitative estimate of drug-likeness (QED) is 0.0813. The Kier molecular flexibility index (Phi) is 30.0. The summed E-state index contributed by atoms with van der Waals surface area (Å²) in [5, 5.41) is 62.1. The third kappa shape index (κ3) is 26.4. The van der Waals surface area contributed by atoms with E-state index < -0.39 is 60.1 Å². The number of aliphatic hydroxyl groups is 2. The van der Waals surface area contributed by atoms with Gasteiger partial charge in [0.15, 0.2) is 0 Å². The Bertz CT molecular complexity index is 1210. The Hall–Kier alpha value is -4.21. The van der Waals surface area contributed by atoms with Crippen molar-refractivity contribution in [3.8, 4) is 0 Å². The standard InChI is InChI=1S/C11H12N2O2.C7H15NO3.C6H14N2O2.C4H9NO3.C2H5NO2/c12-9(11(14)15)5-7-6-13-10-4-2-1-3-8(7)10;1-2-4-8-6(3-5-9)7(10)11;7-4-2-1-3-5(8)6(9)10;1-2(6)3(5)4(7)8;3-1-2(4)5/h1-4,6,9,13H,5,12H2,(H,14,15);6,8-9H,2-5H2,1H3,(H,10,11);5H,1-4,7-8H2,(H,9,10);2-3,6H,5H2,1H3,(H,7,8);1,3H2,(H,4,5). The highest BCUT2D eigenvalue weighted by Crippen LogP contribution is 2.18. The van der Waals surface area contributed by atoms with Gasteiger partial charge in [-0.2, -0.15) is 0 Å². The zero-order chi connectivity index (χ0) is 38.5. The second-order valence-corrected chi connectivity index (χ2v) is 10.3. The Labute approximate surface area is 284 Å². The van der Waals surface area contributed by atoms with Gasteiger partial charge < -0.3 is 74.7 Å². The number of aliphatic carboxylic acids is 5. The summed E-state index contributed by atoms with van der Waals surface area (Å²) in [5.74, 6) is -4.95. The molecule has 1 aromatic heterocycles. The topological polar surface area (TPSA) is 385 Å². The van der Waals surface area contributed by atoms with Gasteiger partial charge in [-0.15, -0.1) is 0 Å². The van der Waals surface area contributed by atoms with Gasteiger partial charge in [-0.25, -0.2) is 0 Å². The maximum Gasteiger partial charge on any atom is 0.323 e. The largest absolute Gasteiger partial charge is 0.480 e. The number of benzene rings is 1. The van der Waals surface area contributed by atoms with Crippen LogP contribution in [0.15, 0.2) is 30.5 Å². The van der Waals surface area contributed by atoms with E-state index in [0.717, 1.165) is 35.7 Å². The first-order valence-electron chi connectivity index (χ1n) is 15.3. The number of hydrogen-bond acceptors (Lipinski definition) is 13. The van der Waals surface area contributed by atoms with Gasteiger partial charge in [-0.3, -0.25) is 24.0 Å². The van der Waals surface area contributed by atoms with E-state index >= 15 is 0 Å². The first kappa shape index (κ1) is 49.2. The van der Waals surface area contributed by atoms with Crippen molar-refractivity contribution < 1.29 is 59.7 Å². The van der Waals surface area contributed by atoms with Crippen LogP contribution in [0.1, 0.15) is 51.5 Å². The van der Waals surface area contributed by atoms with Crippen LogP contribution in [0.3, 0.4) is 0 Å². The minimum atomic E-state index is -1.18. The lowest BCUT2D eigenvalue weighted by molar-refractivity contribution is -0.141. The summed E-state index contributed by atoms with van der Waals surface area (Å²) in [4.78, 5) is 53.4. The molecular formula is C30H55N7O12. The Morgan fingerprint density at radius 3 is 1.78 bits per heavy atom. The number of nitrogens with one attached hydrogen (secondary N) is 2. The SMILES string of the molecule is CC(O)C(N)C(=O)O.CCCNC(CCO)C(=O)O.NC(Cc1c[nH]c2ccccc12)C(=O)O.NCC(=O)O.NCCCCC(N)C(=O)O. The van der Waals surface area contributed by atoms with Gasteiger partial charge >= 0.3 is 29.8 Å². The average molecular weight is 706 g/mol. The first-order chi connectivity index (χ1) is 22.9. The molecule has 0 radical (unpaired) electrons. The van der Waals surface area contributed by atoms with Crippen molar-refractivity contribution >= 4 is 40.7 Å². The number of aromatic nitrogens is 1. The Morgan fingerprint density at radius 1 is 0.837 bits per heavy atom. The second kappa shape index (κ2) is 29.9. The van der Waals surface area contributed by atoms with Crippen molar-refractivity contribution in [2.24, 2.45) is 28.7 Å². The number of H-pyrrole nitrogens is 1. The van der Waals surface area contributed by atoms with E-state index in [4.69, 9.17) is 58.7 Å². The Balaban J connectivity index is -0.000000564. The molecule has 0 aliphatic rings. The molecule has 49 heavy (non-hydrogen) atoms. The van der Waals surface area contributed by atoms with Gasteiger partial charge in [0.2, 0.25) is 0 Å². The third-order valence-corrected chi connectivity index (χ3v) is 6.05. The first-order valence-corrected chi connectivity index (χ1v) is 15.3. The predicted octanol–water partition coefficient (Wildman–Crippen LogP) is -1.72. The molecule has 2 rings (SSSR count). The number of aromatic amines is 1. The summed E-state index contributed by atoms with van der Waals surface area (Å²) in [5.41, 5.74) is 27.3.